The van der Waals surface area contributed by atoms with Crippen molar-refractivity contribution in [3.8, 4) is 0 Å². The van der Waals surface area contributed by atoms with E-state index in [-0.39, 0.29) is 5.54 Å². The van der Waals surface area contributed by atoms with Crippen molar-refractivity contribution >= 4 is 22.9 Å². The molecule has 1 unspecified atom stereocenters. The molecule has 2 N–H and O–H groups in total. The van der Waals surface area contributed by atoms with Crippen LogP contribution in [0.4, 0.5) is 0 Å². The van der Waals surface area contributed by atoms with Gasteiger partial charge in [-0.15, -0.1) is 11.3 Å². The quantitative estimate of drug-likeness (QED) is 0.859. The largest absolute Gasteiger partial charge is 0.321 e. The van der Waals surface area contributed by atoms with Crippen LogP contribution in [0.2, 0.25) is 4.47 Å². The van der Waals surface area contributed by atoms with Gasteiger partial charge in [0, 0.05) is 16.8 Å². The van der Waals surface area contributed by atoms with Crippen molar-refractivity contribution in [1.29, 1.82) is 0 Å². The van der Waals surface area contributed by atoms with Crippen molar-refractivity contribution < 1.29 is 0 Å². The number of nitrogens with zero attached hydrogens (tertiary/aromatic N) is 1. The molecule has 17 heavy (non-hydrogen) atoms. The molecule has 1 aliphatic rings. The van der Waals surface area contributed by atoms with Crippen molar-refractivity contribution in [2.75, 3.05) is 0 Å². The van der Waals surface area contributed by atoms with Crippen LogP contribution in [0.3, 0.4) is 0 Å². The van der Waals surface area contributed by atoms with Crippen LogP contribution < -0.4 is 5.73 Å². The molecule has 0 radical (unpaired) electrons. The third-order valence-electron chi connectivity index (χ3n) is 3.38. The van der Waals surface area contributed by atoms with Crippen LogP contribution in [-0.4, -0.2) is 4.98 Å². The molecule has 0 saturated heterocycles. The molecule has 1 aliphatic carbocycles. The predicted molar refractivity (Wildman–Crippen MR) is 71.5 cm³/mol. The third kappa shape index (κ3) is 1.99. The van der Waals surface area contributed by atoms with Gasteiger partial charge in [0.05, 0.1) is 5.69 Å². The average Bonchev–Trinajstić information content (AvgIpc) is 2.69. The van der Waals surface area contributed by atoms with Gasteiger partial charge in [0.15, 0.2) is 4.47 Å². The summed E-state index contributed by atoms with van der Waals surface area (Å²) in [6.45, 7) is 0. The summed E-state index contributed by atoms with van der Waals surface area (Å²) in [4.78, 5) is 5.58. The molecule has 1 aromatic heterocycles. The minimum atomic E-state index is -0.260. The van der Waals surface area contributed by atoms with Gasteiger partial charge in [-0.1, -0.05) is 41.9 Å². The van der Waals surface area contributed by atoms with Crippen LogP contribution in [0.5, 0.6) is 0 Å². The van der Waals surface area contributed by atoms with Crippen LogP contribution in [0, 0.1) is 0 Å². The zero-order valence-electron chi connectivity index (χ0n) is 9.32. The van der Waals surface area contributed by atoms with Crippen LogP contribution in [-0.2, 0) is 18.4 Å². The number of nitrogens with two attached hydrogens (primary N) is 1. The van der Waals surface area contributed by atoms with E-state index in [2.05, 4.69) is 17.1 Å². The fourth-order valence-corrected chi connectivity index (χ4v) is 3.75. The Hall–Kier alpha value is -0.900. The summed E-state index contributed by atoms with van der Waals surface area (Å²) in [6.07, 6.45) is 2.70. The third-order valence-corrected chi connectivity index (χ3v) is 4.59. The van der Waals surface area contributed by atoms with Crippen molar-refractivity contribution in [3.05, 3.63) is 50.9 Å². The van der Waals surface area contributed by atoms with E-state index < -0.39 is 0 Å². The zero-order chi connectivity index (χ0) is 11.9. The summed E-state index contributed by atoms with van der Waals surface area (Å²) >= 11 is 7.52. The van der Waals surface area contributed by atoms with E-state index >= 15 is 0 Å². The lowest BCUT2D eigenvalue weighted by Crippen LogP contribution is -2.41. The first-order chi connectivity index (χ1) is 8.17. The molecule has 1 aromatic carbocycles. The Balaban J connectivity index is 1.97. The Morgan fingerprint density at radius 2 is 2.06 bits per heavy atom. The molecule has 0 aliphatic heterocycles. The lowest BCUT2D eigenvalue weighted by atomic mass is 9.79. The molecular formula is C13H13ClN2S. The number of thiazole rings is 1. The second-order valence-electron chi connectivity index (χ2n) is 4.54. The van der Waals surface area contributed by atoms with Crippen LogP contribution >= 0.6 is 22.9 Å². The van der Waals surface area contributed by atoms with Gasteiger partial charge in [0.25, 0.3) is 0 Å². The summed E-state index contributed by atoms with van der Waals surface area (Å²) in [5, 5.41) is 0. The number of benzene rings is 1. The van der Waals surface area contributed by atoms with E-state index in [1.54, 1.807) is 11.3 Å². The molecule has 0 spiro atoms. The van der Waals surface area contributed by atoms with Crippen molar-refractivity contribution in [1.82, 2.24) is 4.98 Å². The minimum Gasteiger partial charge on any atom is -0.321 e. The monoisotopic (exact) mass is 264 g/mol. The Labute approximate surface area is 109 Å². The van der Waals surface area contributed by atoms with Gasteiger partial charge in [0.1, 0.15) is 0 Å². The first kappa shape index (κ1) is 11.2. The first-order valence-corrected chi connectivity index (χ1v) is 6.85. The van der Waals surface area contributed by atoms with Gasteiger partial charge in [-0.25, -0.2) is 4.98 Å². The predicted octanol–water partition coefficient (Wildman–Crippen LogP) is 3.14. The zero-order valence-corrected chi connectivity index (χ0v) is 10.9. The second-order valence-corrected chi connectivity index (χ2v) is 6.20. The van der Waals surface area contributed by atoms with Crippen molar-refractivity contribution in [2.45, 2.75) is 24.8 Å². The maximum atomic E-state index is 6.54. The molecule has 4 heteroatoms. The Kier molecular flexibility index (Phi) is 2.69. The standard InChI is InChI=1S/C13H13ClN2S/c14-12-16-10-6-7-13(15,8-11(10)17-12)9-4-2-1-3-5-9/h1-5H,6-8,15H2. The summed E-state index contributed by atoms with van der Waals surface area (Å²) in [6, 6.07) is 10.3. The average molecular weight is 265 g/mol. The van der Waals surface area contributed by atoms with E-state index in [4.69, 9.17) is 17.3 Å². The van der Waals surface area contributed by atoms with Gasteiger partial charge in [0.2, 0.25) is 0 Å². The van der Waals surface area contributed by atoms with Crippen LogP contribution in [0.1, 0.15) is 22.6 Å². The van der Waals surface area contributed by atoms with Gasteiger partial charge in [-0.2, -0.15) is 0 Å². The molecule has 2 aromatic rings. The highest BCUT2D eigenvalue weighted by atomic mass is 35.5. The van der Waals surface area contributed by atoms with Crippen LogP contribution in [0.15, 0.2) is 30.3 Å². The lowest BCUT2D eigenvalue weighted by Gasteiger charge is -2.33. The fourth-order valence-electron chi connectivity index (χ4n) is 2.42. The molecular weight excluding hydrogens is 252 g/mol. The van der Waals surface area contributed by atoms with E-state index in [9.17, 15) is 0 Å². The summed E-state index contributed by atoms with van der Waals surface area (Å²) in [5.74, 6) is 0. The Morgan fingerprint density at radius 1 is 1.29 bits per heavy atom. The van der Waals surface area contributed by atoms with Gasteiger partial charge in [-0.05, 0) is 18.4 Å². The fraction of sp³-hybridized carbons (Fsp3) is 0.308. The van der Waals surface area contributed by atoms with E-state index in [0.717, 1.165) is 25.0 Å². The Morgan fingerprint density at radius 3 is 2.82 bits per heavy atom. The molecule has 1 atom stereocenters. The topological polar surface area (TPSA) is 38.9 Å². The highest BCUT2D eigenvalue weighted by Gasteiger charge is 2.33. The smallest absolute Gasteiger partial charge is 0.184 e. The molecule has 1 heterocycles. The summed E-state index contributed by atoms with van der Waals surface area (Å²) in [5.41, 5.74) is 8.62. The molecule has 0 saturated carbocycles. The molecule has 0 bridgehead atoms. The Bertz CT molecular complexity index is 538. The van der Waals surface area contributed by atoms with E-state index in [1.165, 1.54) is 10.4 Å². The highest BCUT2D eigenvalue weighted by Crippen LogP contribution is 2.37. The maximum absolute atomic E-state index is 6.54. The SMILES string of the molecule is NC1(c2ccccc2)CCc2nc(Cl)sc2C1. The molecule has 3 rings (SSSR count). The van der Waals surface area contributed by atoms with E-state index in [0.29, 0.717) is 4.47 Å². The summed E-state index contributed by atoms with van der Waals surface area (Å²) in [7, 11) is 0. The van der Waals surface area contributed by atoms with Crippen molar-refractivity contribution in [2.24, 2.45) is 5.73 Å². The normalized spacial score (nSPS) is 23.4. The van der Waals surface area contributed by atoms with Gasteiger partial charge >= 0.3 is 0 Å². The number of aryl methyl sites for hydroxylation is 1. The molecule has 0 fully saturated rings. The number of rotatable bonds is 1. The van der Waals surface area contributed by atoms with Crippen LogP contribution in [0.25, 0.3) is 0 Å². The summed E-state index contributed by atoms with van der Waals surface area (Å²) < 4.78 is 0.632. The number of hydrogen-bond donors (Lipinski definition) is 1. The lowest BCUT2D eigenvalue weighted by molar-refractivity contribution is 0.386. The number of hydrogen-bond acceptors (Lipinski definition) is 3. The van der Waals surface area contributed by atoms with Crippen molar-refractivity contribution in [3.63, 3.8) is 0 Å². The molecule has 2 nitrogen and oxygen atoms in total. The molecule has 0 amide bonds. The molecule has 88 valence electrons. The van der Waals surface area contributed by atoms with Gasteiger partial charge in [-0.3, -0.25) is 0 Å². The van der Waals surface area contributed by atoms with Gasteiger partial charge < -0.3 is 5.73 Å². The number of halogens is 1. The number of aromatic nitrogens is 1. The van der Waals surface area contributed by atoms with E-state index in [1.807, 2.05) is 18.2 Å². The minimum absolute atomic E-state index is 0.260. The number of fused-ring (bicyclic) bond motifs is 1. The second kappa shape index (κ2) is 4.09. The first-order valence-electron chi connectivity index (χ1n) is 5.66. The maximum Gasteiger partial charge on any atom is 0.184 e. The highest BCUT2D eigenvalue weighted by molar-refractivity contribution is 7.15.